The van der Waals surface area contributed by atoms with Gasteiger partial charge in [-0.25, -0.2) is 0 Å². The second kappa shape index (κ2) is 7.30. The Morgan fingerprint density at radius 3 is 2.59 bits per heavy atom. The first-order valence-electron chi connectivity index (χ1n) is 6.19. The van der Waals surface area contributed by atoms with Gasteiger partial charge < -0.3 is 14.8 Å². The molecule has 1 N–H and O–H groups in total. The van der Waals surface area contributed by atoms with Crippen molar-refractivity contribution in [2.75, 3.05) is 20.8 Å². The molecule has 1 rings (SSSR count). The van der Waals surface area contributed by atoms with E-state index in [1.165, 1.54) is 5.56 Å². The maximum absolute atomic E-state index is 5.77. The van der Waals surface area contributed by atoms with E-state index in [0.29, 0.717) is 0 Å². The van der Waals surface area contributed by atoms with Crippen LogP contribution in [0.1, 0.15) is 31.9 Å². The largest absolute Gasteiger partial charge is 0.497 e. The van der Waals surface area contributed by atoms with E-state index in [2.05, 4.69) is 24.4 Å². The molecule has 0 aliphatic rings. The zero-order chi connectivity index (χ0) is 12.7. The van der Waals surface area contributed by atoms with Gasteiger partial charge in [0.25, 0.3) is 0 Å². The van der Waals surface area contributed by atoms with Crippen LogP contribution >= 0.6 is 0 Å². The minimum atomic E-state index is 0.192. The normalized spacial score (nSPS) is 14.4. The van der Waals surface area contributed by atoms with Gasteiger partial charge in [0.15, 0.2) is 0 Å². The van der Waals surface area contributed by atoms with Crippen LogP contribution < -0.4 is 10.1 Å². The van der Waals surface area contributed by atoms with Crippen LogP contribution in [-0.4, -0.2) is 26.9 Å². The van der Waals surface area contributed by atoms with E-state index in [4.69, 9.17) is 9.47 Å². The summed E-state index contributed by atoms with van der Waals surface area (Å²) in [6, 6.07) is 8.33. The zero-order valence-electron chi connectivity index (χ0n) is 11.2. The number of hydrogen-bond acceptors (Lipinski definition) is 3. The van der Waals surface area contributed by atoms with Crippen LogP contribution in [0.15, 0.2) is 24.3 Å². The van der Waals surface area contributed by atoms with E-state index in [-0.39, 0.29) is 12.1 Å². The molecule has 0 saturated carbocycles. The second-order valence-corrected chi connectivity index (χ2v) is 3.95. The fourth-order valence-corrected chi connectivity index (χ4v) is 2.07. The van der Waals surface area contributed by atoms with Crippen molar-refractivity contribution in [2.45, 2.75) is 32.4 Å². The van der Waals surface area contributed by atoms with Crippen LogP contribution in [0.2, 0.25) is 0 Å². The van der Waals surface area contributed by atoms with Crippen molar-refractivity contribution in [3.8, 4) is 5.75 Å². The predicted octanol–water partition coefficient (Wildman–Crippen LogP) is 2.77. The summed E-state index contributed by atoms with van der Waals surface area (Å²) in [5.41, 5.74) is 1.20. The van der Waals surface area contributed by atoms with Crippen LogP contribution in [0.25, 0.3) is 0 Å². The van der Waals surface area contributed by atoms with Crippen LogP contribution in [0.3, 0.4) is 0 Å². The fourth-order valence-electron chi connectivity index (χ4n) is 2.07. The third-order valence-electron chi connectivity index (χ3n) is 2.92. The van der Waals surface area contributed by atoms with Crippen LogP contribution in [-0.2, 0) is 4.74 Å². The topological polar surface area (TPSA) is 30.5 Å². The Kier molecular flexibility index (Phi) is 6.01. The highest BCUT2D eigenvalue weighted by atomic mass is 16.5. The Morgan fingerprint density at radius 2 is 2.06 bits per heavy atom. The predicted molar refractivity (Wildman–Crippen MR) is 70.5 cm³/mol. The highest BCUT2D eigenvalue weighted by Crippen LogP contribution is 2.24. The Labute approximate surface area is 104 Å². The molecule has 2 atom stereocenters. The van der Waals surface area contributed by atoms with Gasteiger partial charge in [-0.3, -0.25) is 0 Å². The van der Waals surface area contributed by atoms with Crippen molar-refractivity contribution in [1.29, 1.82) is 0 Å². The summed E-state index contributed by atoms with van der Waals surface area (Å²) < 4.78 is 11.0. The van der Waals surface area contributed by atoms with Crippen molar-refractivity contribution in [3.05, 3.63) is 29.8 Å². The molecular formula is C14H23NO2. The summed E-state index contributed by atoms with van der Waals surface area (Å²) in [6.07, 6.45) is 1.17. The summed E-state index contributed by atoms with van der Waals surface area (Å²) in [6.45, 7) is 4.91. The highest BCUT2D eigenvalue weighted by molar-refractivity contribution is 5.31. The summed E-state index contributed by atoms with van der Waals surface area (Å²) in [7, 11) is 3.65. The molecule has 3 heteroatoms. The number of benzene rings is 1. The van der Waals surface area contributed by atoms with Gasteiger partial charge in [-0.1, -0.05) is 19.1 Å². The molecule has 0 spiro atoms. The summed E-state index contributed by atoms with van der Waals surface area (Å²) >= 11 is 0. The van der Waals surface area contributed by atoms with Crippen molar-refractivity contribution >= 4 is 0 Å². The molecule has 17 heavy (non-hydrogen) atoms. The summed E-state index contributed by atoms with van der Waals surface area (Å²) in [4.78, 5) is 0. The van der Waals surface area contributed by atoms with Crippen molar-refractivity contribution in [1.82, 2.24) is 5.32 Å². The Balaban J connectivity index is 2.90. The molecule has 3 nitrogen and oxygen atoms in total. The number of hydrogen-bond donors (Lipinski definition) is 1. The number of ether oxygens (including phenoxy) is 2. The van der Waals surface area contributed by atoms with Gasteiger partial charge in [-0.05, 0) is 38.1 Å². The molecule has 96 valence electrons. The minimum Gasteiger partial charge on any atom is -0.497 e. The average molecular weight is 237 g/mol. The van der Waals surface area contributed by atoms with Gasteiger partial charge in [-0.15, -0.1) is 0 Å². The molecule has 0 fully saturated rings. The molecule has 0 amide bonds. The SMILES string of the molecule is CCOC(CC)C(NC)c1cccc(OC)c1. The lowest BCUT2D eigenvalue weighted by Crippen LogP contribution is -2.31. The molecule has 0 heterocycles. The lowest BCUT2D eigenvalue weighted by molar-refractivity contribution is 0.0333. The number of nitrogens with one attached hydrogen (secondary N) is 1. The van der Waals surface area contributed by atoms with Gasteiger partial charge in [0.05, 0.1) is 19.3 Å². The molecule has 0 aliphatic carbocycles. The molecule has 2 unspecified atom stereocenters. The standard InChI is InChI=1S/C14H23NO2/c1-5-13(17-6-2)14(15-3)11-8-7-9-12(10-11)16-4/h7-10,13-15H,5-6H2,1-4H3. The van der Waals surface area contributed by atoms with Crippen molar-refractivity contribution in [2.24, 2.45) is 0 Å². The van der Waals surface area contributed by atoms with Crippen LogP contribution in [0.4, 0.5) is 0 Å². The molecule has 1 aromatic carbocycles. The third kappa shape index (κ3) is 3.72. The maximum Gasteiger partial charge on any atom is 0.119 e. The second-order valence-electron chi connectivity index (χ2n) is 3.95. The zero-order valence-corrected chi connectivity index (χ0v) is 11.2. The van der Waals surface area contributed by atoms with Crippen LogP contribution in [0.5, 0.6) is 5.75 Å². The van der Waals surface area contributed by atoms with E-state index in [1.54, 1.807) is 7.11 Å². The van der Waals surface area contributed by atoms with Gasteiger partial charge in [0.1, 0.15) is 5.75 Å². The number of likely N-dealkylation sites (N-methyl/N-ethyl adjacent to an activating group) is 1. The van der Waals surface area contributed by atoms with Gasteiger partial charge in [0, 0.05) is 6.61 Å². The quantitative estimate of drug-likeness (QED) is 0.791. The number of methoxy groups -OCH3 is 1. The minimum absolute atomic E-state index is 0.192. The van der Waals surface area contributed by atoms with Crippen LogP contribution in [0, 0.1) is 0 Å². The lowest BCUT2D eigenvalue weighted by atomic mass is 9.99. The Bertz CT molecular complexity index is 328. The molecule has 0 radical (unpaired) electrons. The summed E-state index contributed by atoms with van der Waals surface area (Å²) in [5, 5.41) is 3.32. The smallest absolute Gasteiger partial charge is 0.119 e. The monoisotopic (exact) mass is 237 g/mol. The first-order chi connectivity index (χ1) is 8.26. The van der Waals surface area contributed by atoms with Crippen molar-refractivity contribution < 1.29 is 9.47 Å². The first kappa shape index (κ1) is 14.0. The van der Waals surface area contributed by atoms with Gasteiger partial charge >= 0.3 is 0 Å². The molecular weight excluding hydrogens is 214 g/mol. The Morgan fingerprint density at radius 1 is 1.29 bits per heavy atom. The molecule has 1 aromatic rings. The average Bonchev–Trinajstić information content (AvgIpc) is 2.38. The van der Waals surface area contributed by atoms with E-state index in [9.17, 15) is 0 Å². The van der Waals surface area contributed by atoms with E-state index in [1.807, 2.05) is 26.1 Å². The van der Waals surface area contributed by atoms with E-state index in [0.717, 1.165) is 18.8 Å². The van der Waals surface area contributed by atoms with Crippen molar-refractivity contribution in [3.63, 3.8) is 0 Å². The maximum atomic E-state index is 5.77. The third-order valence-corrected chi connectivity index (χ3v) is 2.92. The fraction of sp³-hybridized carbons (Fsp3) is 0.571. The highest BCUT2D eigenvalue weighted by Gasteiger charge is 2.20. The van der Waals surface area contributed by atoms with Gasteiger partial charge in [-0.2, -0.15) is 0 Å². The summed E-state index contributed by atoms with van der Waals surface area (Å²) in [5.74, 6) is 0.883. The number of rotatable bonds is 7. The molecule has 0 bridgehead atoms. The van der Waals surface area contributed by atoms with E-state index < -0.39 is 0 Å². The lowest BCUT2D eigenvalue weighted by Gasteiger charge is -2.26. The van der Waals surface area contributed by atoms with E-state index >= 15 is 0 Å². The molecule has 0 aromatic heterocycles. The van der Waals surface area contributed by atoms with Gasteiger partial charge in [0.2, 0.25) is 0 Å². The first-order valence-corrected chi connectivity index (χ1v) is 6.19. The molecule has 0 aliphatic heterocycles. The Hall–Kier alpha value is -1.06. The molecule has 0 saturated heterocycles.